The number of aromatic nitrogens is 3. The van der Waals surface area contributed by atoms with Crippen molar-refractivity contribution < 1.29 is 4.79 Å². The minimum atomic E-state index is -0.363. The van der Waals surface area contributed by atoms with E-state index in [1.54, 1.807) is 16.9 Å². The van der Waals surface area contributed by atoms with E-state index in [1.807, 2.05) is 24.3 Å². The summed E-state index contributed by atoms with van der Waals surface area (Å²) in [6.07, 6.45) is 3.48. The topological polar surface area (TPSA) is 73.3 Å². The summed E-state index contributed by atoms with van der Waals surface area (Å²) in [5, 5.41) is 7.74. The second-order valence-corrected chi connectivity index (χ2v) is 6.34. The fraction of sp³-hybridized carbons (Fsp3) is 0.0556. The normalized spacial score (nSPS) is 11.2. The first-order valence-electron chi connectivity index (χ1n) is 7.46. The number of carbonyl (C=O) groups excluding carboxylic acids is 1. The highest BCUT2D eigenvalue weighted by atomic mass is 32.2. The molecule has 0 aliphatic carbocycles. The molecule has 118 valence electrons. The maximum absolute atomic E-state index is 11.0. The first-order chi connectivity index (χ1) is 11.7. The number of primary amides is 1. The largest absolute Gasteiger partial charge is 0.369 e. The van der Waals surface area contributed by atoms with Crippen molar-refractivity contribution in [2.24, 2.45) is 5.73 Å². The summed E-state index contributed by atoms with van der Waals surface area (Å²) in [7, 11) is 0. The van der Waals surface area contributed by atoms with E-state index in [9.17, 15) is 4.79 Å². The molecule has 1 amide bonds. The van der Waals surface area contributed by atoms with Crippen LogP contribution in [0.15, 0.2) is 66.0 Å². The van der Waals surface area contributed by atoms with Crippen LogP contribution < -0.4 is 5.73 Å². The smallest absolute Gasteiger partial charge is 0.227 e. The molecule has 5 nitrogen and oxygen atoms in total. The van der Waals surface area contributed by atoms with E-state index in [4.69, 9.17) is 5.73 Å². The monoisotopic (exact) mass is 334 g/mol. The molecule has 2 heterocycles. The van der Waals surface area contributed by atoms with E-state index >= 15 is 0 Å². The van der Waals surface area contributed by atoms with E-state index < -0.39 is 0 Å². The van der Waals surface area contributed by atoms with Crippen LogP contribution in [0.2, 0.25) is 0 Å². The van der Waals surface area contributed by atoms with Crippen molar-refractivity contribution >= 4 is 34.0 Å². The molecule has 0 saturated heterocycles. The third kappa shape index (κ3) is 2.61. The average Bonchev–Trinajstić information content (AvgIpc) is 3.04. The van der Waals surface area contributed by atoms with Crippen molar-refractivity contribution in [3.63, 3.8) is 0 Å². The van der Waals surface area contributed by atoms with Crippen LogP contribution in [-0.2, 0) is 4.79 Å². The molecule has 0 saturated carbocycles. The van der Waals surface area contributed by atoms with Gasteiger partial charge in [-0.1, -0.05) is 54.2 Å². The molecule has 0 aliphatic rings. The fourth-order valence-corrected chi connectivity index (χ4v) is 3.44. The molecule has 0 bridgehead atoms. The molecule has 4 aromatic rings. The van der Waals surface area contributed by atoms with Crippen LogP contribution in [0.4, 0.5) is 0 Å². The highest BCUT2D eigenvalue weighted by molar-refractivity contribution is 8.00. The molecule has 2 aromatic heterocycles. The fourth-order valence-electron chi connectivity index (χ4n) is 2.73. The number of fused-ring (bicyclic) bond motifs is 2. The predicted molar refractivity (Wildman–Crippen MR) is 95.8 cm³/mol. The highest BCUT2D eigenvalue weighted by Crippen LogP contribution is 2.30. The molecule has 4 rings (SSSR count). The van der Waals surface area contributed by atoms with Gasteiger partial charge in [0.2, 0.25) is 5.91 Å². The van der Waals surface area contributed by atoms with Crippen LogP contribution in [-0.4, -0.2) is 26.3 Å². The van der Waals surface area contributed by atoms with Gasteiger partial charge in [-0.2, -0.15) is 5.10 Å². The van der Waals surface area contributed by atoms with Crippen molar-refractivity contribution in [1.82, 2.24) is 14.6 Å². The number of benzene rings is 2. The molecule has 0 spiro atoms. The van der Waals surface area contributed by atoms with Gasteiger partial charge in [0.05, 0.1) is 17.0 Å². The average molecular weight is 334 g/mol. The Kier molecular flexibility index (Phi) is 3.66. The van der Waals surface area contributed by atoms with E-state index in [0.717, 1.165) is 27.2 Å². The predicted octanol–water partition coefficient (Wildman–Crippen LogP) is 3.13. The Bertz CT molecular complexity index is 1050. The molecular formula is C18H14N4OS. The quantitative estimate of drug-likeness (QED) is 0.582. The first kappa shape index (κ1) is 14.7. The summed E-state index contributed by atoms with van der Waals surface area (Å²) >= 11 is 1.32. The maximum atomic E-state index is 11.0. The molecule has 0 unspecified atom stereocenters. The van der Waals surface area contributed by atoms with Crippen molar-refractivity contribution in [3.8, 4) is 11.3 Å². The van der Waals surface area contributed by atoms with Crippen LogP contribution in [0.25, 0.3) is 27.5 Å². The van der Waals surface area contributed by atoms with E-state index in [-0.39, 0.29) is 11.7 Å². The summed E-state index contributed by atoms with van der Waals surface area (Å²) in [6.45, 7) is 0. The van der Waals surface area contributed by atoms with Gasteiger partial charge in [-0.3, -0.25) is 4.79 Å². The number of carbonyl (C=O) groups is 1. The highest BCUT2D eigenvalue weighted by Gasteiger charge is 2.12. The summed E-state index contributed by atoms with van der Waals surface area (Å²) in [5.74, 6) is -0.167. The number of hydrogen-bond donors (Lipinski definition) is 1. The van der Waals surface area contributed by atoms with Gasteiger partial charge >= 0.3 is 0 Å². The number of hydrogen-bond acceptors (Lipinski definition) is 4. The van der Waals surface area contributed by atoms with Gasteiger partial charge in [0, 0.05) is 18.0 Å². The molecule has 0 fully saturated rings. The molecule has 2 N–H and O–H groups in total. The Morgan fingerprint density at radius 3 is 2.88 bits per heavy atom. The van der Waals surface area contributed by atoms with Gasteiger partial charge in [-0.25, -0.2) is 9.50 Å². The second-order valence-electron chi connectivity index (χ2n) is 5.37. The number of nitrogens with zero attached hydrogens (tertiary/aromatic N) is 3. The van der Waals surface area contributed by atoms with Crippen molar-refractivity contribution in [2.45, 2.75) is 5.03 Å². The molecule has 2 aromatic carbocycles. The Morgan fingerprint density at radius 1 is 1.17 bits per heavy atom. The lowest BCUT2D eigenvalue weighted by Crippen LogP contribution is -2.13. The Hall–Kier alpha value is -2.86. The van der Waals surface area contributed by atoms with Gasteiger partial charge in [0.1, 0.15) is 5.03 Å². The molecule has 6 heteroatoms. The molecule has 0 atom stereocenters. The number of rotatable bonds is 4. The first-order valence-corrected chi connectivity index (χ1v) is 8.44. The van der Waals surface area contributed by atoms with Gasteiger partial charge in [-0.05, 0) is 16.8 Å². The lowest BCUT2D eigenvalue weighted by atomic mass is 10.0. The van der Waals surface area contributed by atoms with Gasteiger partial charge in [0.15, 0.2) is 0 Å². The minimum absolute atomic E-state index is 0.196. The van der Waals surface area contributed by atoms with Gasteiger partial charge < -0.3 is 5.73 Å². The lowest BCUT2D eigenvalue weighted by molar-refractivity contribution is -0.115. The standard InChI is InChI=1S/C18H14N4OS/c19-17(23)11-24-18-16-10-15(21-22(16)9-8-20-18)14-7-3-5-12-4-1-2-6-13(12)14/h1-10H,11H2,(H2,19,23). The van der Waals surface area contributed by atoms with Crippen LogP contribution in [0.1, 0.15) is 0 Å². The molecule has 0 radical (unpaired) electrons. The molecule has 0 aliphatic heterocycles. The number of thioether (sulfide) groups is 1. The van der Waals surface area contributed by atoms with Crippen LogP contribution in [0.5, 0.6) is 0 Å². The van der Waals surface area contributed by atoms with Crippen molar-refractivity contribution in [1.29, 1.82) is 0 Å². The molecular weight excluding hydrogens is 320 g/mol. The van der Waals surface area contributed by atoms with Crippen LogP contribution >= 0.6 is 11.8 Å². The van der Waals surface area contributed by atoms with Crippen LogP contribution in [0, 0.1) is 0 Å². The van der Waals surface area contributed by atoms with E-state index in [1.165, 1.54) is 17.1 Å². The lowest BCUT2D eigenvalue weighted by Gasteiger charge is -2.02. The van der Waals surface area contributed by atoms with Gasteiger partial charge in [-0.15, -0.1) is 0 Å². The number of nitrogens with two attached hydrogens (primary N) is 1. The van der Waals surface area contributed by atoms with Crippen LogP contribution in [0.3, 0.4) is 0 Å². The SMILES string of the molecule is NC(=O)CSc1nccn2nc(-c3cccc4ccccc34)cc12. The van der Waals surface area contributed by atoms with E-state index in [0.29, 0.717) is 0 Å². The summed E-state index contributed by atoms with van der Waals surface area (Å²) < 4.78 is 1.79. The second kappa shape index (κ2) is 5.98. The number of amides is 1. The van der Waals surface area contributed by atoms with Gasteiger partial charge in [0.25, 0.3) is 0 Å². The third-order valence-corrected chi connectivity index (χ3v) is 4.79. The van der Waals surface area contributed by atoms with E-state index in [2.05, 4.69) is 34.3 Å². The maximum Gasteiger partial charge on any atom is 0.227 e. The summed E-state index contributed by atoms with van der Waals surface area (Å²) in [5.41, 5.74) is 8.05. The Labute approximate surface area is 142 Å². The zero-order chi connectivity index (χ0) is 16.5. The summed E-state index contributed by atoms with van der Waals surface area (Å²) in [4.78, 5) is 15.4. The minimum Gasteiger partial charge on any atom is -0.369 e. The Balaban J connectivity index is 1.85. The zero-order valence-corrected chi connectivity index (χ0v) is 13.5. The summed E-state index contributed by atoms with van der Waals surface area (Å²) in [6, 6.07) is 16.4. The third-order valence-electron chi connectivity index (χ3n) is 3.77. The van der Waals surface area contributed by atoms with Crippen molar-refractivity contribution in [3.05, 3.63) is 60.9 Å². The Morgan fingerprint density at radius 2 is 2.00 bits per heavy atom. The zero-order valence-electron chi connectivity index (χ0n) is 12.7. The molecule has 24 heavy (non-hydrogen) atoms. The van der Waals surface area contributed by atoms with Crippen molar-refractivity contribution in [2.75, 3.05) is 5.75 Å².